The van der Waals surface area contributed by atoms with Gasteiger partial charge in [0.1, 0.15) is 5.84 Å². The lowest BCUT2D eigenvalue weighted by atomic mass is 9.53. The maximum absolute atomic E-state index is 9.29. The van der Waals surface area contributed by atoms with Gasteiger partial charge in [0.25, 0.3) is 0 Å². The van der Waals surface area contributed by atoms with Gasteiger partial charge in [-0.25, -0.2) is 0 Å². The molecular formula is C27H34N4S. The predicted molar refractivity (Wildman–Crippen MR) is 133 cm³/mol. The topological polar surface area (TPSA) is 42.6 Å². The third-order valence-electron chi connectivity index (χ3n) is 9.03. The van der Waals surface area contributed by atoms with Crippen molar-refractivity contribution in [2.75, 3.05) is 18.0 Å². The van der Waals surface area contributed by atoms with Crippen LogP contribution in [0.15, 0.2) is 29.3 Å². The third-order valence-corrected chi connectivity index (χ3v) is 9.74. The number of aliphatic imine (C=N–C) groups is 1. The summed E-state index contributed by atoms with van der Waals surface area (Å²) < 4.78 is 0. The van der Waals surface area contributed by atoms with Crippen LogP contribution in [0.25, 0.3) is 0 Å². The predicted octanol–water partition coefficient (Wildman–Crippen LogP) is 5.56. The summed E-state index contributed by atoms with van der Waals surface area (Å²) in [7, 11) is 0. The first kappa shape index (κ1) is 20.8. The molecule has 1 atom stereocenters. The second-order valence-electron chi connectivity index (χ2n) is 11.8. The van der Waals surface area contributed by atoms with Gasteiger partial charge in [0.2, 0.25) is 0 Å². The average molecular weight is 447 g/mol. The van der Waals surface area contributed by atoms with Crippen LogP contribution >= 0.6 is 12.2 Å². The van der Waals surface area contributed by atoms with Crippen LogP contribution in [0.4, 0.5) is 5.69 Å². The van der Waals surface area contributed by atoms with E-state index in [0.29, 0.717) is 5.56 Å². The van der Waals surface area contributed by atoms with Crippen molar-refractivity contribution in [3.05, 3.63) is 29.8 Å². The maximum atomic E-state index is 9.29. The van der Waals surface area contributed by atoms with Gasteiger partial charge in [-0.3, -0.25) is 14.8 Å². The van der Waals surface area contributed by atoms with Crippen molar-refractivity contribution in [2.45, 2.75) is 76.8 Å². The lowest BCUT2D eigenvalue weighted by Gasteiger charge is -2.55. The Bertz CT molecular complexity index is 960. The molecule has 5 heteroatoms. The standard InChI is InChI=1S/C27H34N4S/c1-26(2)23(30-9-3-4-10-30)24(31(25(26)32)22-7-5-18(17-28)6-8-22)29-27-14-19-11-20(15-27)13-21(12-19)16-27/h5-8,19-21,23H,3-4,9-16H2,1-2H3. The van der Waals surface area contributed by atoms with E-state index in [-0.39, 0.29) is 17.0 Å². The van der Waals surface area contributed by atoms with Gasteiger partial charge in [0.05, 0.1) is 28.2 Å². The highest BCUT2D eigenvalue weighted by molar-refractivity contribution is 7.80. The molecule has 0 radical (unpaired) electrons. The number of hydrogen-bond donors (Lipinski definition) is 0. The van der Waals surface area contributed by atoms with E-state index in [2.05, 4.69) is 41.8 Å². The quantitative estimate of drug-likeness (QED) is 0.570. The minimum Gasteiger partial charge on any atom is -0.293 e. The summed E-state index contributed by atoms with van der Waals surface area (Å²) in [5.74, 6) is 3.82. The first-order valence-electron chi connectivity index (χ1n) is 12.6. The van der Waals surface area contributed by atoms with Gasteiger partial charge in [-0.2, -0.15) is 5.26 Å². The van der Waals surface area contributed by atoms with Gasteiger partial charge in [-0.1, -0.05) is 26.1 Å². The molecule has 1 unspecified atom stereocenters. The molecule has 1 aromatic carbocycles. The molecule has 0 spiro atoms. The van der Waals surface area contributed by atoms with Crippen molar-refractivity contribution < 1.29 is 0 Å². The van der Waals surface area contributed by atoms with E-state index in [1.807, 2.05) is 12.1 Å². The van der Waals surface area contributed by atoms with Crippen LogP contribution < -0.4 is 4.90 Å². The van der Waals surface area contributed by atoms with Crippen LogP contribution in [0, 0.1) is 34.5 Å². The number of amidine groups is 1. The number of anilines is 1. The van der Waals surface area contributed by atoms with E-state index in [9.17, 15) is 5.26 Å². The first-order chi connectivity index (χ1) is 15.4. The fourth-order valence-corrected chi connectivity index (χ4v) is 8.37. The summed E-state index contributed by atoms with van der Waals surface area (Å²) in [5.41, 5.74) is 1.72. The largest absolute Gasteiger partial charge is 0.293 e. The number of rotatable bonds is 3. The Labute approximate surface area is 197 Å². The molecule has 0 aromatic heterocycles. The minimum absolute atomic E-state index is 0.114. The molecule has 2 aliphatic heterocycles. The van der Waals surface area contributed by atoms with Crippen molar-refractivity contribution in [3.63, 3.8) is 0 Å². The van der Waals surface area contributed by atoms with Gasteiger partial charge >= 0.3 is 0 Å². The van der Waals surface area contributed by atoms with E-state index in [1.54, 1.807) is 0 Å². The Kier molecular flexibility index (Phi) is 4.79. The molecule has 2 saturated heterocycles. The summed E-state index contributed by atoms with van der Waals surface area (Å²) in [6, 6.07) is 10.4. The summed E-state index contributed by atoms with van der Waals surface area (Å²) in [5, 5.41) is 9.29. The highest BCUT2D eigenvalue weighted by Crippen LogP contribution is 2.58. The molecule has 2 heterocycles. The Hall–Kier alpha value is -1.77. The molecule has 6 aliphatic rings. The number of nitrogens with zero attached hydrogens (tertiary/aromatic N) is 4. The molecule has 4 bridgehead atoms. The van der Waals surface area contributed by atoms with Crippen LogP contribution in [0.2, 0.25) is 0 Å². The van der Waals surface area contributed by atoms with E-state index >= 15 is 0 Å². The van der Waals surface area contributed by atoms with Crippen LogP contribution in [-0.2, 0) is 0 Å². The summed E-state index contributed by atoms with van der Waals surface area (Å²) >= 11 is 6.17. The highest BCUT2D eigenvalue weighted by atomic mass is 32.1. The SMILES string of the molecule is CC1(C)C(=S)N(c2ccc(C#N)cc2)C(=NC23CC4CC(CC(C4)C2)C3)C1N1CCCC1. The lowest BCUT2D eigenvalue weighted by Crippen LogP contribution is -2.52. The smallest absolute Gasteiger partial charge is 0.127 e. The van der Waals surface area contributed by atoms with E-state index < -0.39 is 0 Å². The van der Waals surface area contributed by atoms with E-state index in [0.717, 1.165) is 41.5 Å². The van der Waals surface area contributed by atoms with Crippen molar-refractivity contribution in [1.29, 1.82) is 5.26 Å². The minimum atomic E-state index is -0.144. The highest BCUT2D eigenvalue weighted by Gasteiger charge is 2.56. The van der Waals surface area contributed by atoms with Crippen molar-refractivity contribution >= 4 is 28.7 Å². The Morgan fingerprint density at radius 3 is 2.06 bits per heavy atom. The molecule has 0 N–H and O–H groups in total. The Morgan fingerprint density at radius 2 is 1.53 bits per heavy atom. The van der Waals surface area contributed by atoms with Crippen LogP contribution in [0.3, 0.4) is 0 Å². The molecule has 1 aromatic rings. The normalized spacial score (nSPS) is 39.2. The van der Waals surface area contributed by atoms with Crippen molar-refractivity contribution in [1.82, 2.24) is 4.90 Å². The Morgan fingerprint density at radius 1 is 0.969 bits per heavy atom. The zero-order chi connectivity index (χ0) is 22.1. The molecule has 4 saturated carbocycles. The van der Waals surface area contributed by atoms with E-state index in [1.165, 1.54) is 57.2 Å². The third kappa shape index (κ3) is 3.17. The second-order valence-corrected chi connectivity index (χ2v) is 12.2. The lowest BCUT2D eigenvalue weighted by molar-refractivity contribution is 0.00124. The fourth-order valence-electron chi connectivity index (χ4n) is 8.06. The molecule has 32 heavy (non-hydrogen) atoms. The number of thiocarbonyl (C=S) groups is 1. The zero-order valence-electron chi connectivity index (χ0n) is 19.4. The van der Waals surface area contributed by atoms with Gasteiger partial charge in [0, 0.05) is 11.1 Å². The number of likely N-dealkylation sites (tertiary alicyclic amines) is 1. The van der Waals surface area contributed by atoms with Gasteiger partial charge in [-0.05, 0) is 106 Å². The number of nitriles is 1. The number of benzene rings is 1. The molecule has 0 amide bonds. The zero-order valence-corrected chi connectivity index (χ0v) is 20.2. The summed E-state index contributed by atoms with van der Waals surface area (Å²) in [6.45, 7) is 6.91. The molecular weight excluding hydrogens is 412 g/mol. The summed E-state index contributed by atoms with van der Waals surface area (Å²) in [6.07, 6.45) is 10.6. The molecule has 168 valence electrons. The van der Waals surface area contributed by atoms with Gasteiger partial charge in [-0.15, -0.1) is 0 Å². The van der Waals surface area contributed by atoms with Crippen LogP contribution in [-0.4, -0.2) is 40.4 Å². The second kappa shape index (κ2) is 7.37. The van der Waals surface area contributed by atoms with E-state index in [4.69, 9.17) is 17.2 Å². The fraction of sp³-hybridized carbons (Fsp3) is 0.667. The number of hydrogen-bond acceptors (Lipinski definition) is 4. The monoisotopic (exact) mass is 446 g/mol. The van der Waals surface area contributed by atoms with Crippen LogP contribution in [0.5, 0.6) is 0 Å². The molecule has 4 nitrogen and oxygen atoms in total. The summed E-state index contributed by atoms with van der Waals surface area (Å²) in [4.78, 5) is 11.7. The molecule has 6 fully saturated rings. The molecule has 4 aliphatic carbocycles. The van der Waals surface area contributed by atoms with Crippen molar-refractivity contribution in [2.24, 2.45) is 28.2 Å². The average Bonchev–Trinajstić information content (AvgIpc) is 3.32. The van der Waals surface area contributed by atoms with Gasteiger partial charge in [0.15, 0.2) is 0 Å². The maximum Gasteiger partial charge on any atom is 0.127 e. The Balaban J connectivity index is 1.47. The van der Waals surface area contributed by atoms with Gasteiger partial charge < -0.3 is 0 Å². The van der Waals surface area contributed by atoms with Crippen LogP contribution in [0.1, 0.15) is 70.8 Å². The molecule has 7 rings (SSSR count). The van der Waals surface area contributed by atoms with Crippen molar-refractivity contribution in [3.8, 4) is 6.07 Å². The first-order valence-corrected chi connectivity index (χ1v) is 13.0.